The highest BCUT2D eigenvalue weighted by Gasteiger charge is 2.21. The van der Waals surface area contributed by atoms with E-state index in [0.717, 1.165) is 0 Å². The molecule has 2 heterocycles. The van der Waals surface area contributed by atoms with E-state index in [1.807, 2.05) is 0 Å². The first-order chi connectivity index (χ1) is 9.18. The first-order valence-electron chi connectivity index (χ1n) is 5.93. The van der Waals surface area contributed by atoms with Crippen molar-refractivity contribution in [2.75, 3.05) is 31.2 Å². The third-order valence-corrected chi connectivity index (χ3v) is 3.85. The van der Waals surface area contributed by atoms with E-state index < -0.39 is 11.6 Å². The first-order valence-corrected chi connectivity index (χ1v) is 6.72. The summed E-state index contributed by atoms with van der Waals surface area (Å²) in [5.74, 6) is -0.961. The summed E-state index contributed by atoms with van der Waals surface area (Å²) >= 11 is 3.22. The highest BCUT2D eigenvalue weighted by molar-refractivity contribution is 9.10. The Morgan fingerprint density at radius 3 is 2.74 bits per heavy atom. The van der Waals surface area contributed by atoms with Crippen LogP contribution in [0.5, 0.6) is 0 Å². The molecule has 0 bridgehead atoms. The molecule has 3 rings (SSSR count). The lowest BCUT2D eigenvalue weighted by Crippen LogP contribution is -2.36. The fourth-order valence-electron chi connectivity index (χ4n) is 2.24. The number of hydrogen-bond donors (Lipinski definition) is 0. The fourth-order valence-corrected chi connectivity index (χ4v) is 2.74. The second-order valence-electron chi connectivity index (χ2n) is 4.31. The third-order valence-electron chi connectivity index (χ3n) is 3.19. The monoisotopic (exact) mass is 328 g/mol. The maximum Gasteiger partial charge on any atom is 0.172 e. The number of aromatic nitrogens is 1. The van der Waals surface area contributed by atoms with Crippen molar-refractivity contribution in [3.63, 3.8) is 0 Å². The summed E-state index contributed by atoms with van der Waals surface area (Å²) in [6.07, 6.45) is 1.46. The van der Waals surface area contributed by atoms with Gasteiger partial charge in [0.25, 0.3) is 0 Å². The normalized spacial score (nSPS) is 16.1. The maximum absolute atomic E-state index is 14.5. The van der Waals surface area contributed by atoms with Crippen LogP contribution >= 0.6 is 15.9 Å². The number of anilines is 1. The van der Waals surface area contributed by atoms with Gasteiger partial charge in [0, 0.05) is 29.8 Å². The standard InChI is InChI=1S/C13H11BrF2N2O/c14-8-1-2-17-13-11(8)9(15)7-10(12(13)16)18-3-5-19-6-4-18/h1-2,7H,3-6H2. The number of fused-ring (bicyclic) bond motifs is 1. The Bertz CT molecular complexity index is 630. The van der Waals surface area contributed by atoms with Gasteiger partial charge in [0.15, 0.2) is 5.82 Å². The first kappa shape index (κ1) is 12.7. The number of nitrogens with zero attached hydrogens (tertiary/aromatic N) is 2. The summed E-state index contributed by atoms with van der Waals surface area (Å²) in [5, 5.41) is 0.178. The lowest BCUT2D eigenvalue weighted by Gasteiger charge is -2.29. The van der Waals surface area contributed by atoms with E-state index in [1.54, 1.807) is 11.0 Å². The van der Waals surface area contributed by atoms with Gasteiger partial charge in [-0.1, -0.05) is 0 Å². The van der Waals surface area contributed by atoms with Crippen LogP contribution in [0, 0.1) is 11.6 Å². The zero-order valence-corrected chi connectivity index (χ0v) is 11.6. The number of benzene rings is 1. The lowest BCUT2D eigenvalue weighted by molar-refractivity contribution is 0.122. The Morgan fingerprint density at radius 1 is 1.26 bits per heavy atom. The van der Waals surface area contributed by atoms with Crippen molar-refractivity contribution in [1.29, 1.82) is 0 Å². The van der Waals surface area contributed by atoms with Crippen LogP contribution < -0.4 is 4.90 Å². The van der Waals surface area contributed by atoms with Gasteiger partial charge in [-0.15, -0.1) is 0 Å². The summed E-state index contributed by atoms with van der Waals surface area (Å²) in [6.45, 7) is 2.14. The second kappa shape index (κ2) is 5.02. The highest BCUT2D eigenvalue weighted by atomic mass is 79.9. The minimum Gasteiger partial charge on any atom is -0.378 e. The van der Waals surface area contributed by atoms with E-state index >= 15 is 0 Å². The molecule has 100 valence electrons. The van der Waals surface area contributed by atoms with E-state index in [2.05, 4.69) is 20.9 Å². The van der Waals surface area contributed by atoms with Crippen molar-refractivity contribution in [2.24, 2.45) is 0 Å². The van der Waals surface area contributed by atoms with Crippen LogP contribution in [0.15, 0.2) is 22.8 Å². The Balaban J connectivity index is 2.19. The molecule has 0 aliphatic carbocycles. The molecule has 0 saturated carbocycles. The Hall–Kier alpha value is -1.27. The van der Waals surface area contributed by atoms with E-state index in [-0.39, 0.29) is 16.6 Å². The molecule has 1 aromatic carbocycles. The molecule has 1 aliphatic heterocycles. The van der Waals surface area contributed by atoms with Crippen LogP contribution in [-0.2, 0) is 4.74 Å². The van der Waals surface area contributed by atoms with Gasteiger partial charge in [0.05, 0.1) is 24.3 Å². The molecule has 1 aromatic heterocycles. The SMILES string of the molecule is Fc1c(N2CCOCC2)cc(F)c2c(Br)ccnc12. The third kappa shape index (κ3) is 2.19. The summed E-state index contributed by atoms with van der Waals surface area (Å²) in [5.41, 5.74) is 0.301. The van der Waals surface area contributed by atoms with Crippen LogP contribution in [0.2, 0.25) is 0 Å². The summed E-state index contributed by atoms with van der Waals surface area (Å²) in [6, 6.07) is 2.83. The Kier molecular flexibility index (Phi) is 3.36. The van der Waals surface area contributed by atoms with Gasteiger partial charge in [-0.25, -0.2) is 8.78 Å². The van der Waals surface area contributed by atoms with Crippen molar-refractivity contribution < 1.29 is 13.5 Å². The summed E-state index contributed by atoms with van der Waals surface area (Å²) < 4.78 is 34.3. The average Bonchev–Trinajstić information content (AvgIpc) is 2.43. The van der Waals surface area contributed by atoms with Crippen LogP contribution in [0.3, 0.4) is 0 Å². The molecule has 0 N–H and O–H groups in total. The molecule has 0 amide bonds. The molecule has 1 aliphatic rings. The van der Waals surface area contributed by atoms with Crippen molar-refractivity contribution >= 4 is 32.5 Å². The van der Waals surface area contributed by atoms with Gasteiger partial charge in [-0.3, -0.25) is 4.98 Å². The van der Waals surface area contributed by atoms with Gasteiger partial charge in [0.2, 0.25) is 0 Å². The fraction of sp³-hybridized carbons (Fsp3) is 0.308. The van der Waals surface area contributed by atoms with Crippen molar-refractivity contribution in [1.82, 2.24) is 4.98 Å². The van der Waals surface area contributed by atoms with Crippen LogP contribution in [0.25, 0.3) is 10.9 Å². The number of pyridine rings is 1. The van der Waals surface area contributed by atoms with Gasteiger partial charge in [-0.2, -0.15) is 0 Å². The second-order valence-corrected chi connectivity index (χ2v) is 5.16. The number of ether oxygens (including phenoxy) is 1. The number of morpholine rings is 1. The molecule has 19 heavy (non-hydrogen) atoms. The smallest absolute Gasteiger partial charge is 0.172 e. The summed E-state index contributed by atoms with van der Waals surface area (Å²) in [4.78, 5) is 5.74. The largest absolute Gasteiger partial charge is 0.378 e. The van der Waals surface area contributed by atoms with E-state index in [1.165, 1.54) is 12.3 Å². The lowest BCUT2D eigenvalue weighted by atomic mass is 10.1. The highest BCUT2D eigenvalue weighted by Crippen LogP contribution is 2.32. The van der Waals surface area contributed by atoms with Gasteiger partial charge >= 0.3 is 0 Å². The Labute approximate surface area is 117 Å². The maximum atomic E-state index is 14.5. The van der Waals surface area contributed by atoms with Gasteiger partial charge in [-0.05, 0) is 22.0 Å². The van der Waals surface area contributed by atoms with Crippen LogP contribution in [0.4, 0.5) is 14.5 Å². The molecule has 0 spiro atoms. The zero-order chi connectivity index (χ0) is 13.4. The molecule has 0 radical (unpaired) electrons. The predicted molar refractivity (Wildman–Crippen MR) is 72.4 cm³/mol. The van der Waals surface area contributed by atoms with E-state index in [9.17, 15) is 8.78 Å². The molecule has 1 saturated heterocycles. The number of halogens is 3. The molecular weight excluding hydrogens is 318 g/mol. The molecular formula is C13H11BrF2N2O. The van der Waals surface area contributed by atoms with Crippen molar-refractivity contribution in [2.45, 2.75) is 0 Å². The molecule has 3 nitrogen and oxygen atoms in total. The quantitative estimate of drug-likeness (QED) is 0.804. The molecule has 0 unspecified atom stereocenters. The van der Waals surface area contributed by atoms with E-state index in [0.29, 0.717) is 30.8 Å². The molecule has 0 atom stereocenters. The van der Waals surface area contributed by atoms with E-state index in [4.69, 9.17) is 4.74 Å². The van der Waals surface area contributed by atoms with Crippen LogP contribution in [0.1, 0.15) is 0 Å². The van der Waals surface area contributed by atoms with Crippen molar-refractivity contribution in [3.05, 3.63) is 34.4 Å². The van der Waals surface area contributed by atoms with Gasteiger partial charge < -0.3 is 9.64 Å². The van der Waals surface area contributed by atoms with Crippen molar-refractivity contribution in [3.8, 4) is 0 Å². The number of rotatable bonds is 1. The number of hydrogen-bond acceptors (Lipinski definition) is 3. The molecule has 2 aromatic rings. The topological polar surface area (TPSA) is 25.4 Å². The van der Waals surface area contributed by atoms with Crippen LogP contribution in [-0.4, -0.2) is 31.3 Å². The predicted octanol–water partition coefficient (Wildman–Crippen LogP) is 3.11. The minimum absolute atomic E-state index is 0.0517. The average molecular weight is 329 g/mol. The minimum atomic E-state index is -0.486. The Morgan fingerprint density at radius 2 is 2.00 bits per heavy atom. The van der Waals surface area contributed by atoms with Gasteiger partial charge in [0.1, 0.15) is 11.3 Å². The molecule has 6 heteroatoms. The zero-order valence-electron chi connectivity index (χ0n) is 10.00. The molecule has 1 fully saturated rings. The summed E-state index contributed by atoms with van der Waals surface area (Å²) in [7, 11) is 0.